The maximum atomic E-state index is 13.8. The molecule has 0 saturated carbocycles. The minimum absolute atomic E-state index is 0.166. The molecular formula is C17H19FN2O. The van der Waals surface area contributed by atoms with Crippen LogP contribution in [0.25, 0.3) is 10.9 Å². The van der Waals surface area contributed by atoms with Crippen LogP contribution in [0, 0.1) is 5.82 Å². The van der Waals surface area contributed by atoms with Crippen LogP contribution in [0.4, 0.5) is 4.39 Å². The lowest BCUT2D eigenvalue weighted by Crippen LogP contribution is -2.44. The van der Waals surface area contributed by atoms with E-state index >= 15 is 0 Å². The van der Waals surface area contributed by atoms with E-state index in [1.54, 1.807) is 18.3 Å². The molecule has 2 aliphatic heterocycles. The fourth-order valence-corrected chi connectivity index (χ4v) is 4.05. The number of hydrogen-bond donors (Lipinski definition) is 1. The standard InChI is InChI=1S/C17H19FN2O/c18-13-6-11-2-1-5-19-17(11)12(7-13)10-20-14-3-4-15(20)9-16(21)8-14/h1-2,5-7,14-16,21H,3-4,8-10H2. The SMILES string of the molecule is OC1CC2CCC(C1)N2Cc1cc(F)cc2cccnc12. The molecule has 110 valence electrons. The molecule has 2 saturated heterocycles. The van der Waals surface area contributed by atoms with E-state index in [2.05, 4.69) is 9.88 Å². The predicted octanol–water partition coefficient (Wildman–Crippen LogP) is 2.86. The van der Waals surface area contributed by atoms with Gasteiger partial charge in [-0.3, -0.25) is 9.88 Å². The van der Waals surface area contributed by atoms with Gasteiger partial charge in [-0.25, -0.2) is 4.39 Å². The van der Waals surface area contributed by atoms with Gasteiger partial charge in [-0.15, -0.1) is 0 Å². The zero-order chi connectivity index (χ0) is 14.4. The minimum Gasteiger partial charge on any atom is -0.393 e. The van der Waals surface area contributed by atoms with Crippen molar-refractivity contribution in [2.45, 2.75) is 50.4 Å². The summed E-state index contributed by atoms with van der Waals surface area (Å²) >= 11 is 0. The van der Waals surface area contributed by atoms with Crippen LogP contribution in [0.2, 0.25) is 0 Å². The Labute approximate surface area is 123 Å². The van der Waals surface area contributed by atoms with E-state index in [1.807, 2.05) is 12.1 Å². The van der Waals surface area contributed by atoms with Crippen molar-refractivity contribution in [1.29, 1.82) is 0 Å². The van der Waals surface area contributed by atoms with Crippen molar-refractivity contribution in [1.82, 2.24) is 9.88 Å². The largest absolute Gasteiger partial charge is 0.393 e. The average Bonchev–Trinajstić information content (AvgIpc) is 2.69. The molecular weight excluding hydrogens is 267 g/mol. The molecule has 4 heteroatoms. The third kappa shape index (κ3) is 2.32. The van der Waals surface area contributed by atoms with Gasteiger partial charge in [0.1, 0.15) is 5.82 Å². The zero-order valence-electron chi connectivity index (χ0n) is 11.9. The molecule has 3 nitrogen and oxygen atoms in total. The number of nitrogens with zero attached hydrogens (tertiary/aromatic N) is 2. The highest BCUT2D eigenvalue weighted by Crippen LogP contribution is 2.37. The van der Waals surface area contributed by atoms with E-state index < -0.39 is 0 Å². The molecule has 0 spiro atoms. The molecule has 2 aliphatic rings. The van der Waals surface area contributed by atoms with Crippen LogP contribution < -0.4 is 0 Å². The lowest BCUT2D eigenvalue weighted by molar-refractivity contribution is 0.0312. The number of aromatic nitrogens is 1. The van der Waals surface area contributed by atoms with Gasteiger partial charge in [-0.2, -0.15) is 0 Å². The van der Waals surface area contributed by atoms with Gasteiger partial charge in [-0.1, -0.05) is 6.07 Å². The van der Waals surface area contributed by atoms with Gasteiger partial charge in [0.2, 0.25) is 0 Å². The summed E-state index contributed by atoms with van der Waals surface area (Å²) in [6.45, 7) is 0.729. The van der Waals surface area contributed by atoms with E-state index in [1.165, 1.54) is 0 Å². The summed E-state index contributed by atoms with van der Waals surface area (Å²) in [4.78, 5) is 6.87. The number of piperidine rings is 1. The first-order valence-electron chi connectivity index (χ1n) is 7.67. The van der Waals surface area contributed by atoms with Crippen LogP contribution in [-0.2, 0) is 6.54 Å². The summed E-state index contributed by atoms with van der Waals surface area (Å²) < 4.78 is 13.8. The van der Waals surface area contributed by atoms with Crippen molar-refractivity contribution in [3.05, 3.63) is 41.8 Å². The Bertz CT molecular complexity index is 661. The molecule has 2 fully saturated rings. The topological polar surface area (TPSA) is 36.4 Å². The van der Waals surface area contributed by atoms with Gasteiger partial charge < -0.3 is 5.11 Å². The molecule has 2 bridgehead atoms. The van der Waals surface area contributed by atoms with Crippen molar-refractivity contribution < 1.29 is 9.50 Å². The van der Waals surface area contributed by atoms with Gasteiger partial charge in [-0.05, 0) is 49.4 Å². The highest BCUT2D eigenvalue weighted by atomic mass is 19.1. The number of aliphatic hydroxyl groups is 1. The molecule has 1 aromatic carbocycles. The lowest BCUT2D eigenvalue weighted by Gasteiger charge is -2.37. The third-order valence-corrected chi connectivity index (χ3v) is 4.96. The van der Waals surface area contributed by atoms with Crippen LogP contribution in [0.5, 0.6) is 0 Å². The highest BCUT2D eigenvalue weighted by Gasteiger charge is 2.40. The first-order valence-corrected chi connectivity index (χ1v) is 7.67. The van der Waals surface area contributed by atoms with E-state index in [0.29, 0.717) is 12.1 Å². The van der Waals surface area contributed by atoms with Crippen molar-refractivity contribution in [3.63, 3.8) is 0 Å². The van der Waals surface area contributed by atoms with Gasteiger partial charge in [0.15, 0.2) is 0 Å². The molecule has 1 aromatic heterocycles. The van der Waals surface area contributed by atoms with Crippen molar-refractivity contribution in [2.75, 3.05) is 0 Å². The number of hydrogen-bond acceptors (Lipinski definition) is 3. The molecule has 3 heterocycles. The van der Waals surface area contributed by atoms with E-state index in [0.717, 1.165) is 48.7 Å². The quantitative estimate of drug-likeness (QED) is 0.922. The Balaban J connectivity index is 1.69. The summed E-state index contributed by atoms with van der Waals surface area (Å²) in [6.07, 6.45) is 5.57. The number of aliphatic hydroxyl groups excluding tert-OH is 1. The molecule has 2 atom stereocenters. The predicted molar refractivity (Wildman–Crippen MR) is 79.3 cm³/mol. The van der Waals surface area contributed by atoms with Crippen molar-refractivity contribution in [3.8, 4) is 0 Å². The van der Waals surface area contributed by atoms with Crippen LogP contribution in [0.1, 0.15) is 31.2 Å². The normalized spacial score (nSPS) is 29.1. The first kappa shape index (κ1) is 13.2. The molecule has 0 aliphatic carbocycles. The molecule has 1 N–H and O–H groups in total. The smallest absolute Gasteiger partial charge is 0.124 e. The van der Waals surface area contributed by atoms with Crippen LogP contribution in [0.15, 0.2) is 30.5 Å². The Hall–Kier alpha value is -1.52. The molecule has 0 amide bonds. The summed E-state index contributed by atoms with van der Waals surface area (Å²) in [5.74, 6) is -0.199. The fraction of sp³-hybridized carbons (Fsp3) is 0.471. The second-order valence-electron chi connectivity index (χ2n) is 6.32. The summed E-state index contributed by atoms with van der Waals surface area (Å²) in [6, 6.07) is 7.76. The Morgan fingerprint density at radius 1 is 1.24 bits per heavy atom. The van der Waals surface area contributed by atoms with E-state index in [4.69, 9.17) is 0 Å². The molecule has 21 heavy (non-hydrogen) atoms. The third-order valence-electron chi connectivity index (χ3n) is 4.96. The maximum Gasteiger partial charge on any atom is 0.124 e. The van der Waals surface area contributed by atoms with Crippen LogP contribution in [-0.4, -0.2) is 33.2 Å². The summed E-state index contributed by atoms with van der Waals surface area (Å²) in [5, 5.41) is 10.7. The number of fused-ring (bicyclic) bond motifs is 3. The number of halogens is 1. The van der Waals surface area contributed by atoms with Gasteiger partial charge in [0.05, 0.1) is 11.6 Å². The highest BCUT2D eigenvalue weighted by molar-refractivity contribution is 5.81. The Morgan fingerprint density at radius 3 is 2.76 bits per heavy atom. The van der Waals surface area contributed by atoms with Gasteiger partial charge in [0.25, 0.3) is 0 Å². The summed E-state index contributed by atoms with van der Waals surface area (Å²) in [7, 11) is 0. The zero-order valence-corrected chi connectivity index (χ0v) is 11.9. The Kier molecular flexibility index (Phi) is 3.16. The monoisotopic (exact) mass is 286 g/mol. The molecule has 4 rings (SSSR count). The second kappa shape index (κ2) is 5.04. The van der Waals surface area contributed by atoms with Gasteiger partial charge >= 0.3 is 0 Å². The number of pyridine rings is 1. The van der Waals surface area contributed by atoms with Crippen LogP contribution in [0.3, 0.4) is 0 Å². The Morgan fingerprint density at radius 2 is 2.00 bits per heavy atom. The minimum atomic E-state index is -0.199. The number of benzene rings is 1. The maximum absolute atomic E-state index is 13.8. The lowest BCUT2D eigenvalue weighted by atomic mass is 9.98. The van der Waals surface area contributed by atoms with E-state index in [9.17, 15) is 9.50 Å². The number of rotatable bonds is 2. The van der Waals surface area contributed by atoms with E-state index in [-0.39, 0.29) is 11.9 Å². The summed E-state index contributed by atoms with van der Waals surface area (Å²) in [5.41, 5.74) is 1.85. The second-order valence-corrected chi connectivity index (χ2v) is 6.32. The fourth-order valence-electron chi connectivity index (χ4n) is 4.05. The molecule has 0 radical (unpaired) electrons. The molecule has 2 unspecified atom stereocenters. The van der Waals surface area contributed by atoms with Gasteiger partial charge in [0, 0.05) is 30.2 Å². The van der Waals surface area contributed by atoms with Crippen LogP contribution >= 0.6 is 0 Å². The first-order chi connectivity index (χ1) is 10.2. The van der Waals surface area contributed by atoms with Crippen molar-refractivity contribution in [2.24, 2.45) is 0 Å². The van der Waals surface area contributed by atoms with Crippen molar-refractivity contribution >= 4 is 10.9 Å². The molecule has 2 aromatic rings. The average molecular weight is 286 g/mol.